The third-order valence-electron chi connectivity index (χ3n) is 4.55. The van der Waals surface area contributed by atoms with E-state index in [1.807, 2.05) is 5.37 Å². The molecular formula is C20H28S. The minimum atomic E-state index is 0.605. The average Bonchev–Trinajstić information content (AvgIpc) is 2.48. The highest BCUT2D eigenvalue weighted by Gasteiger charge is 2.16. The van der Waals surface area contributed by atoms with Crippen LogP contribution in [0.2, 0.25) is 0 Å². The molecule has 0 saturated heterocycles. The van der Waals surface area contributed by atoms with Gasteiger partial charge >= 0.3 is 0 Å². The topological polar surface area (TPSA) is 0 Å². The second-order valence-corrected chi connectivity index (χ2v) is 6.71. The van der Waals surface area contributed by atoms with Gasteiger partial charge in [0, 0.05) is 12.3 Å². The van der Waals surface area contributed by atoms with E-state index in [1.165, 1.54) is 61.6 Å². The minimum absolute atomic E-state index is 0.605. The van der Waals surface area contributed by atoms with Crippen molar-refractivity contribution in [3.05, 3.63) is 46.5 Å². The maximum Gasteiger partial charge on any atom is 0.00235 e. The summed E-state index contributed by atoms with van der Waals surface area (Å²) < 4.78 is 0. The van der Waals surface area contributed by atoms with Gasteiger partial charge in [0.1, 0.15) is 0 Å². The quantitative estimate of drug-likeness (QED) is 0.329. The molecule has 1 unspecified atom stereocenters. The van der Waals surface area contributed by atoms with E-state index >= 15 is 0 Å². The van der Waals surface area contributed by atoms with Gasteiger partial charge in [0.2, 0.25) is 0 Å². The number of allylic oxidation sites excluding steroid dienone is 2. The Labute approximate surface area is 135 Å². The number of unbranched alkanes of at least 4 members (excludes halogenated alkanes) is 2. The lowest BCUT2D eigenvalue weighted by Crippen LogP contribution is -2.06. The van der Waals surface area contributed by atoms with Crippen LogP contribution in [0.5, 0.6) is 0 Å². The van der Waals surface area contributed by atoms with Crippen molar-refractivity contribution in [1.29, 1.82) is 0 Å². The zero-order valence-electron chi connectivity index (χ0n) is 13.5. The molecule has 0 nitrogen and oxygen atoms in total. The second-order valence-electron chi connectivity index (χ2n) is 6.37. The molecule has 0 fully saturated rings. The largest absolute Gasteiger partial charge is 0.0931 e. The monoisotopic (exact) mass is 300 g/mol. The fraction of sp³-hybridized carbons (Fsp3) is 0.550. The number of rotatable bonds is 7. The second kappa shape index (κ2) is 8.48. The summed E-state index contributed by atoms with van der Waals surface area (Å²) >= 11 is 5.13. The summed E-state index contributed by atoms with van der Waals surface area (Å²) in [6, 6.07) is 7.12. The van der Waals surface area contributed by atoms with Crippen LogP contribution >= 0.6 is 12.2 Å². The molecule has 0 bridgehead atoms. The summed E-state index contributed by atoms with van der Waals surface area (Å²) in [5.74, 6) is 0.605. The van der Waals surface area contributed by atoms with Crippen LogP contribution in [-0.4, -0.2) is 5.37 Å². The van der Waals surface area contributed by atoms with Crippen LogP contribution in [0.3, 0.4) is 0 Å². The van der Waals surface area contributed by atoms with E-state index in [9.17, 15) is 0 Å². The molecule has 114 valence electrons. The fourth-order valence-electron chi connectivity index (χ4n) is 3.38. The molecule has 1 aromatic carbocycles. The third-order valence-corrected chi connectivity index (χ3v) is 4.72. The number of aryl methyl sites for hydroxylation is 1. The first-order valence-corrected chi connectivity index (χ1v) is 8.94. The maximum atomic E-state index is 5.13. The van der Waals surface area contributed by atoms with Crippen molar-refractivity contribution >= 4 is 17.6 Å². The lowest BCUT2D eigenvalue weighted by Gasteiger charge is -2.22. The summed E-state index contributed by atoms with van der Waals surface area (Å²) in [5, 5.41) is 1.88. The molecule has 1 aromatic rings. The average molecular weight is 301 g/mol. The molecule has 1 aliphatic rings. The predicted octanol–water partition coefficient (Wildman–Crippen LogP) is 6.18. The maximum absolute atomic E-state index is 5.13. The Morgan fingerprint density at radius 2 is 2.14 bits per heavy atom. The van der Waals surface area contributed by atoms with Crippen molar-refractivity contribution in [3.63, 3.8) is 0 Å². The normalized spacial score (nSPS) is 18.4. The molecule has 0 N–H and O–H groups in total. The summed E-state index contributed by atoms with van der Waals surface area (Å²) in [7, 11) is 0. The molecule has 21 heavy (non-hydrogen) atoms. The first kappa shape index (κ1) is 16.4. The molecule has 0 spiro atoms. The zero-order chi connectivity index (χ0) is 15.1. The van der Waals surface area contributed by atoms with Crippen molar-refractivity contribution in [3.8, 4) is 0 Å². The summed E-state index contributed by atoms with van der Waals surface area (Å²) in [6.07, 6.45) is 12.4. The van der Waals surface area contributed by atoms with Crippen LogP contribution in [0.25, 0.3) is 0 Å². The Hall–Kier alpha value is -0.950. The molecule has 0 aromatic heterocycles. The van der Waals surface area contributed by atoms with Crippen molar-refractivity contribution in [2.75, 3.05) is 0 Å². The first-order chi connectivity index (χ1) is 10.2. The Morgan fingerprint density at radius 3 is 2.86 bits per heavy atom. The van der Waals surface area contributed by atoms with Crippen LogP contribution in [0.15, 0.2) is 29.8 Å². The SMILES string of the molecule is CCCCCc1ccc(C2C=C(C)CCC2)c(CC=S)c1. The van der Waals surface area contributed by atoms with E-state index in [0.29, 0.717) is 5.92 Å². The van der Waals surface area contributed by atoms with E-state index in [2.05, 4.69) is 38.1 Å². The molecule has 0 saturated carbocycles. The van der Waals surface area contributed by atoms with Crippen molar-refractivity contribution in [2.24, 2.45) is 0 Å². The van der Waals surface area contributed by atoms with Gasteiger partial charge in [0.15, 0.2) is 0 Å². The first-order valence-electron chi connectivity index (χ1n) is 8.47. The van der Waals surface area contributed by atoms with Crippen molar-refractivity contribution in [2.45, 2.75) is 71.1 Å². The minimum Gasteiger partial charge on any atom is -0.0931 e. The molecule has 0 radical (unpaired) electrons. The van der Waals surface area contributed by atoms with E-state index < -0.39 is 0 Å². The lowest BCUT2D eigenvalue weighted by atomic mass is 9.83. The van der Waals surface area contributed by atoms with Crippen LogP contribution in [0.4, 0.5) is 0 Å². The van der Waals surface area contributed by atoms with E-state index in [0.717, 1.165) is 6.42 Å². The number of hydrogen-bond donors (Lipinski definition) is 0. The predicted molar refractivity (Wildman–Crippen MR) is 97.4 cm³/mol. The van der Waals surface area contributed by atoms with Gasteiger partial charge in [-0.3, -0.25) is 0 Å². The highest BCUT2D eigenvalue weighted by atomic mass is 32.1. The lowest BCUT2D eigenvalue weighted by molar-refractivity contribution is 0.630. The molecule has 1 heteroatoms. The fourth-order valence-corrected chi connectivity index (χ4v) is 3.56. The van der Waals surface area contributed by atoms with Gasteiger partial charge < -0.3 is 0 Å². The number of thiocarbonyl (C=S) groups is 1. The summed E-state index contributed by atoms with van der Waals surface area (Å²) in [5.41, 5.74) is 5.99. The van der Waals surface area contributed by atoms with Gasteiger partial charge in [0.25, 0.3) is 0 Å². The number of benzene rings is 1. The van der Waals surface area contributed by atoms with E-state index in [4.69, 9.17) is 12.2 Å². The Morgan fingerprint density at radius 1 is 1.29 bits per heavy atom. The van der Waals surface area contributed by atoms with E-state index in [1.54, 1.807) is 5.57 Å². The van der Waals surface area contributed by atoms with Crippen LogP contribution in [0.1, 0.15) is 75.0 Å². The Bertz CT molecular complexity index is 499. The van der Waals surface area contributed by atoms with Gasteiger partial charge in [-0.2, -0.15) is 0 Å². The van der Waals surface area contributed by atoms with Gasteiger partial charge in [-0.15, -0.1) is 0 Å². The van der Waals surface area contributed by atoms with Crippen molar-refractivity contribution < 1.29 is 0 Å². The van der Waals surface area contributed by atoms with E-state index in [-0.39, 0.29) is 0 Å². The summed E-state index contributed by atoms with van der Waals surface area (Å²) in [4.78, 5) is 0. The summed E-state index contributed by atoms with van der Waals surface area (Å²) in [6.45, 7) is 4.53. The van der Waals surface area contributed by atoms with Gasteiger partial charge in [-0.05, 0) is 61.1 Å². The standard InChI is InChI=1S/C20H28S/c1-3-4-5-8-17-10-11-20(19(15-17)12-13-21)18-9-6-7-16(2)14-18/h10-11,13-15,18H,3-9,12H2,1-2H3. The molecular weight excluding hydrogens is 272 g/mol. The van der Waals surface area contributed by atoms with Gasteiger partial charge in [-0.1, -0.05) is 61.8 Å². The van der Waals surface area contributed by atoms with Crippen molar-refractivity contribution in [1.82, 2.24) is 0 Å². The smallest absolute Gasteiger partial charge is 0.00235 e. The number of hydrogen-bond acceptors (Lipinski definition) is 1. The highest BCUT2D eigenvalue weighted by molar-refractivity contribution is 7.78. The Balaban J connectivity index is 2.20. The van der Waals surface area contributed by atoms with Gasteiger partial charge in [0.05, 0.1) is 0 Å². The molecule has 1 atom stereocenters. The highest BCUT2D eigenvalue weighted by Crippen LogP contribution is 2.33. The van der Waals surface area contributed by atoms with Gasteiger partial charge in [-0.25, -0.2) is 0 Å². The molecule has 2 rings (SSSR count). The Kier molecular flexibility index (Phi) is 6.63. The zero-order valence-corrected chi connectivity index (χ0v) is 14.3. The molecule has 0 aliphatic heterocycles. The third kappa shape index (κ3) is 4.78. The van der Waals surface area contributed by atoms with Crippen LogP contribution in [0, 0.1) is 0 Å². The van der Waals surface area contributed by atoms with Crippen LogP contribution in [-0.2, 0) is 12.8 Å². The molecule has 0 heterocycles. The van der Waals surface area contributed by atoms with Crippen LogP contribution < -0.4 is 0 Å². The molecule has 0 amide bonds. The molecule has 1 aliphatic carbocycles.